The van der Waals surface area contributed by atoms with Crippen LogP contribution in [0.2, 0.25) is 0 Å². The quantitative estimate of drug-likeness (QED) is 0.170. The van der Waals surface area contributed by atoms with Crippen LogP contribution < -0.4 is 0 Å². The second-order valence-electron chi connectivity index (χ2n) is 9.07. The minimum atomic E-state index is 0. The maximum atomic E-state index is 4.55. The SMILES string of the molecule is Cc1ccc(-c2[c-]cccc2)nc1.[Ir].[c-]1ccc(-c2ccccc2)cc1-c1cc(Cc2ccccc2)ccn1. The summed E-state index contributed by atoms with van der Waals surface area (Å²) in [4.78, 5) is 8.87. The zero-order valence-electron chi connectivity index (χ0n) is 21.7. The van der Waals surface area contributed by atoms with Crippen molar-refractivity contribution in [1.29, 1.82) is 0 Å². The average molecular weight is 681 g/mol. The van der Waals surface area contributed by atoms with Gasteiger partial charge in [-0.05, 0) is 53.1 Å². The van der Waals surface area contributed by atoms with Crippen LogP contribution in [0.5, 0.6) is 0 Å². The third kappa shape index (κ3) is 7.91. The van der Waals surface area contributed by atoms with Crippen LogP contribution in [0.1, 0.15) is 16.7 Å². The zero-order chi connectivity index (χ0) is 26.0. The van der Waals surface area contributed by atoms with Crippen molar-refractivity contribution in [3.05, 3.63) is 169 Å². The molecule has 6 rings (SSSR count). The van der Waals surface area contributed by atoms with E-state index in [1.165, 1.54) is 27.8 Å². The number of pyridine rings is 2. The van der Waals surface area contributed by atoms with Gasteiger partial charge < -0.3 is 9.97 Å². The van der Waals surface area contributed by atoms with Gasteiger partial charge in [-0.25, -0.2) is 0 Å². The number of aromatic nitrogens is 2. The molecule has 4 aromatic carbocycles. The molecule has 0 bridgehead atoms. The smallest absolute Gasteiger partial charge is 0.0190 e. The Balaban J connectivity index is 0.000000213. The molecule has 1 radical (unpaired) electrons. The van der Waals surface area contributed by atoms with Gasteiger partial charge in [0.15, 0.2) is 0 Å². The van der Waals surface area contributed by atoms with Crippen LogP contribution in [0.4, 0.5) is 0 Å². The molecule has 0 unspecified atom stereocenters. The predicted molar refractivity (Wildman–Crippen MR) is 156 cm³/mol. The van der Waals surface area contributed by atoms with E-state index < -0.39 is 0 Å². The first-order valence-electron chi connectivity index (χ1n) is 12.7. The van der Waals surface area contributed by atoms with Crippen LogP contribution in [0.3, 0.4) is 0 Å². The molecule has 0 saturated heterocycles. The maximum Gasteiger partial charge on any atom is 0.0190 e. The summed E-state index contributed by atoms with van der Waals surface area (Å²) in [6.07, 6.45) is 4.67. The van der Waals surface area contributed by atoms with E-state index in [1.807, 2.05) is 67.8 Å². The van der Waals surface area contributed by atoms with Crippen molar-refractivity contribution in [2.45, 2.75) is 13.3 Å². The minimum Gasteiger partial charge on any atom is -0.305 e. The van der Waals surface area contributed by atoms with Crippen molar-refractivity contribution in [3.8, 4) is 33.6 Å². The van der Waals surface area contributed by atoms with Gasteiger partial charge in [-0.2, -0.15) is 0 Å². The summed E-state index contributed by atoms with van der Waals surface area (Å²) in [6.45, 7) is 2.03. The van der Waals surface area contributed by atoms with E-state index in [4.69, 9.17) is 0 Å². The first-order chi connectivity index (χ1) is 18.7. The van der Waals surface area contributed by atoms with Gasteiger partial charge in [0.2, 0.25) is 0 Å². The van der Waals surface area contributed by atoms with Gasteiger partial charge in [-0.1, -0.05) is 78.9 Å². The Labute approximate surface area is 244 Å². The van der Waals surface area contributed by atoms with Crippen molar-refractivity contribution >= 4 is 0 Å². The normalized spacial score (nSPS) is 10.1. The van der Waals surface area contributed by atoms with Gasteiger partial charge in [-0.15, -0.1) is 71.3 Å². The van der Waals surface area contributed by atoms with E-state index in [0.29, 0.717) is 0 Å². The summed E-state index contributed by atoms with van der Waals surface area (Å²) in [5, 5.41) is 0. The van der Waals surface area contributed by atoms with Gasteiger partial charge in [0, 0.05) is 32.5 Å². The summed E-state index contributed by atoms with van der Waals surface area (Å²) in [5.74, 6) is 0. The molecule has 0 aliphatic carbocycles. The zero-order valence-corrected chi connectivity index (χ0v) is 24.1. The molecule has 39 heavy (non-hydrogen) atoms. The molecule has 193 valence electrons. The minimum absolute atomic E-state index is 0. The van der Waals surface area contributed by atoms with Crippen molar-refractivity contribution in [3.63, 3.8) is 0 Å². The first kappa shape index (κ1) is 27.9. The molecule has 0 N–H and O–H groups in total. The van der Waals surface area contributed by atoms with E-state index >= 15 is 0 Å². The van der Waals surface area contributed by atoms with Gasteiger partial charge in [-0.3, -0.25) is 0 Å². The molecular formula is C36H28IrN2-2. The molecular weight excluding hydrogens is 653 g/mol. The van der Waals surface area contributed by atoms with E-state index in [2.05, 4.69) is 101 Å². The molecule has 0 fully saturated rings. The van der Waals surface area contributed by atoms with Crippen LogP contribution in [0.25, 0.3) is 33.6 Å². The molecule has 2 nitrogen and oxygen atoms in total. The molecule has 2 aromatic heterocycles. The van der Waals surface area contributed by atoms with Gasteiger partial charge >= 0.3 is 0 Å². The molecule has 0 amide bonds. The number of rotatable bonds is 5. The van der Waals surface area contributed by atoms with Crippen LogP contribution in [-0.2, 0) is 26.5 Å². The Morgan fingerprint density at radius 3 is 2.03 bits per heavy atom. The summed E-state index contributed by atoms with van der Waals surface area (Å²) in [7, 11) is 0. The molecule has 3 heteroatoms. The van der Waals surface area contributed by atoms with Crippen molar-refractivity contribution in [1.82, 2.24) is 9.97 Å². The fourth-order valence-corrected chi connectivity index (χ4v) is 4.17. The summed E-state index contributed by atoms with van der Waals surface area (Å²) in [5.41, 5.74) is 10.1. The summed E-state index contributed by atoms with van der Waals surface area (Å²) >= 11 is 0. The van der Waals surface area contributed by atoms with E-state index in [9.17, 15) is 0 Å². The summed E-state index contributed by atoms with van der Waals surface area (Å²) < 4.78 is 0. The maximum absolute atomic E-state index is 4.55. The van der Waals surface area contributed by atoms with Crippen LogP contribution in [-0.4, -0.2) is 9.97 Å². The van der Waals surface area contributed by atoms with Gasteiger partial charge in [0.1, 0.15) is 0 Å². The molecule has 0 spiro atoms. The predicted octanol–water partition coefficient (Wildman–Crippen LogP) is 8.66. The molecule has 6 aromatic rings. The second-order valence-corrected chi connectivity index (χ2v) is 9.07. The molecule has 2 heterocycles. The number of benzene rings is 4. The van der Waals surface area contributed by atoms with Crippen molar-refractivity contribution < 1.29 is 20.1 Å². The first-order valence-corrected chi connectivity index (χ1v) is 12.7. The van der Waals surface area contributed by atoms with Gasteiger partial charge in [0.25, 0.3) is 0 Å². The number of hydrogen-bond acceptors (Lipinski definition) is 2. The summed E-state index contributed by atoms with van der Waals surface area (Å²) in [6, 6.07) is 49.8. The number of aryl methyl sites for hydroxylation is 1. The van der Waals surface area contributed by atoms with Crippen LogP contribution in [0.15, 0.2) is 140 Å². The Bertz CT molecular complexity index is 1570. The third-order valence-corrected chi connectivity index (χ3v) is 6.16. The Morgan fingerprint density at radius 2 is 1.31 bits per heavy atom. The second kappa shape index (κ2) is 14.1. The van der Waals surface area contributed by atoms with E-state index in [1.54, 1.807) is 0 Å². The standard InChI is InChI=1S/C24H18N.C12H10N.Ir/c1-3-8-19(9-4-1)16-20-14-15-25-24(17-20)23-13-7-12-22(18-23)21-10-5-2-6-11-21;1-10-7-8-12(13-9-10)11-5-3-2-4-6-11;/h1-12,14-15,17-18H,16H2;2-5,7-9H,1H3;/q2*-1;. The van der Waals surface area contributed by atoms with E-state index in [0.717, 1.165) is 28.9 Å². The van der Waals surface area contributed by atoms with Gasteiger partial charge in [0.05, 0.1) is 0 Å². The third-order valence-electron chi connectivity index (χ3n) is 6.16. The molecule has 0 aliphatic heterocycles. The molecule has 0 saturated carbocycles. The topological polar surface area (TPSA) is 25.8 Å². The monoisotopic (exact) mass is 681 g/mol. The fraction of sp³-hybridized carbons (Fsp3) is 0.0556. The average Bonchev–Trinajstić information content (AvgIpc) is 3.00. The molecule has 0 aliphatic rings. The van der Waals surface area contributed by atoms with E-state index in [-0.39, 0.29) is 20.1 Å². The number of nitrogens with zero attached hydrogens (tertiary/aromatic N) is 2. The molecule has 0 atom stereocenters. The largest absolute Gasteiger partial charge is 0.305 e. The van der Waals surface area contributed by atoms with Crippen LogP contribution >= 0.6 is 0 Å². The Kier molecular flexibility index (Phi) is 10.1. The van der Waals surface area contributed by atoms with Crippen LogP contribution in [0, 0.1) is 19.1 Å². The van der Waals surface area contributed by atoms with Crippen molar-refractivity contribution in [2.75, 3.05) is 0 Å². The Morgan fingerprint density at radius 1 is 0.564 bits per heavy atom. The fourth-order valence-electron chi connectivity index (χ4n) is 4.17. The number of hydrogen-bond donors (Lipinski definition) is 0. The van der Waals surface area contributed by atoms with Crippen molar-refractivity contribution in [2.24, 2.45) is 0 Å². The Hall–Kier alpha value is -4.17.